The van der Waals surface area contributed by atoms with Crippen molar-refractivity contribution in [1.29, 1.82) is 0 Å². The third-order valence-corrected chi connectivity index (χ3v) is 3.76. The molecule has 3 aromatic rings. The minimum Gasteiger partial charge on any atom is -0.383 e. The first kappa shape index (κ1) is 13.5. The lowest BCUT2D eigenvalue weighted by Crippen LogP contribution is -2.12. The Morgan fingerprint density at radius 3 is 2.33 bits per heavy atom. The molecular formula is C16H14N4S. The van der Waals surface area contributed by atoms with Crippen molar-refractivity contribution < 1.29 is 0 Å². The summed E-state index contributed by atoms with van der Waals surface area (Å²) in [7, 11) is 0. The average Bonchev–Trinajstić information content (AvgIpc) is 2.96. The number of nitrogens with two attached hydrogens (primary N) is 1. The number of amidine groups is 1. The van der Waals surface area contributed by atoms with Crippen LogP contribution in [0, 0.1) is 0 Å². The molecule has 21 heavy (non-hydrogen) atoms. The van der Waals surface area contributed by atoms with Crippen LogP contribution in [0.4, 0.5) is 5.13 Å². The van der Waals surface area contributed by atoms with Crippen LogP contribution in [0.5, 0.6) is 0 Å². The van der Waals surface area contributed by atoms with Gasteiger partial charge in [0.25, 0.3) is 0 Å². The van der Waals surface area contributed by atoms with Crippen LogP contribution < -0.4 is 5.73 Å². The van der Waals surface area contributed by atoms with Crippen LogP contribution in [0.3, 0.4) is 0 Å². The highest BCUT2D eigenvalue weighted by atomic mass is 32.1. The molecule has 5 heteroatoms. The molecular weight excluding hydrogens is 280 g/mol. The van der Waals surface area contributed by atoms with Crippen LogP contribution in [-0.4, -0.2) is 16.0 Å². The van der Waals surface area contributed by atoms with Crippen molar-refractivity contribution in [3.8, 4) is 0 Å². The Hall–Kier alpha value is -2.53. The number of nitrogens with zero attached hydrogens (tertiary/aromatic N) is 3. The summed E-state index contributed by atoms with van der Waals surface area (Å²) in [5.74, 6) is 0.456. The average molecular weight is 294 g/mol. The fourth-order valence-electron chi connectivity index (χ4n) is 1.91. The van der Waals surface area contributed by atoms with Crippen molar-refractivity contribution in [3.63, 3.8) is 0 Å². The lowest BCUT2D eigenvalue weighted by Gasteiger charge is -1.97. The number of aliphatic imine (C=N–C) groups is 1. The smallest absolute Gasteiger partial charge is 0.233 e. The molecule has 1 aromatic heterocycles. The van der Waals surface area contributed by atoms with Crippen LogP contribution in [0.25, 0.3) is 0 Å². The standard InChI is InChI=1S/C16H14N4S/c17-15(13-9-5-2-6-10-13)18-16-20-19-14(21-16)11-12-7-3-1-4-8-12/h1-10H,11H2,(H2,17,18,20). The fraction of sp³-hybridized carbons (Fsp3) is 0.0625. The maximum atomic E-state index is 5.98. The largest absolute Gasteiger partial charge is 0.383 e. The minimum atomic E-state index is 0.456. The van der Waals surface area contributed by atoms with Gasteiger partial charge in [-0.1, -0.05) is 72.0 Å². The van der Waals surface area contributed by atoms with E-state index in [2.05, 4.69) is 27.3 Å². The van der Waals surface area contributed by atoms with Crippen LogP contribution in [-0.2, 0) is 6.42 Å². The van der Waals surface area contributed by atoms with Crippen LogP contribution in [0.2, 0.25) is 0 Å². The fourth-order valence-corrected chi connectivity index (χ4v) is 2.67. The molecule has 104 valence electrons. The third-order valence-electron chi connectivity index (χ3n) is 2.94. The molecule has 0 saturated carbocycles. The molecule has 0 spiro atoms. The van der Waals surface area contributed by atoms with E-state index in [9.17, 15) is 0 Å². The molecule has 0 aliphatic heterocycles. The summed E-state index contributed by atoms with van der Waals surface area (Å²) in [5.41, 5.74) is 8.07. The minimum absolute atomic E-state index is 0.456. The van der Waals surface area contributed by atoms with Gasteiger partial charge in [0, 0.05) is 12.0 Å². The monoisotopic (exact) mass is 294 g/mol. The zero-order valence-electron chi connectivity index (χ0n) is 11.3. The van der Waals surface area contributed by atoms with Crippen LogP contribution >= 0.6 is 11.3 Å². The van der Waals surface area contributed by atoms with Gasteiger partial charge in [0.05, 0.1) is 0 Å². The molecule has 4 nitrogen and oxygen atoms in total. The molecule has 0 unspecified atom stereocenters. The molecule has 1 heterocycles. The molecule has 2 N–H and O–H groups in total. The van der Waals surface area contributed by atoms with Crippen LogP contribution in [0.15, 0.2) is 65.7 Å². The highest BCUT2D eigenvalue weighted by molar-refractivity contribution is 7.15. The topological polar surface area (TPSA) is 64.2 Å². The van der Waals surface area contributed by atoms with E-state index < -0.39 is 0 Å². The Morgan fingerprint density at radius 1 is 0.952 bits per heavy atom. The molecule has 3 rings (SSSR count). The summed E-state index contributed by atoms with van der Waals surface area (Å²) in [4.78, 5) is 4.33. The van der Waals surface area contributed by atoms with E-state index in [4.69, 9.17) is 5.73 Å². The second kappa shape index (κ2) is 6.28. The number of benzene rings is 2. The zero-order chi connectivity index (χ0) is 14.5. The zero-order valence-corrected chi connectivity index (χ0v) is 12.1. The predicted molar refractivity (Wildman–Crippen MR) is 86.0 cm³/mol. The van der Waals surface area contributed by atoms with Gasteiger partial charge in [-0.25, -0.2) is 4.99 Å². The molecule has 0 aliphatic rings. The summed E-state index contributed by atoms with van der Waals surface area (Å²) in [6, 6.07) is 19.8. The normalized spacial score (nSPS) is 11.5. The van der Waals surface area contributed by atoms with E-state index in [0.717, 1.165) is 17.0 Å². The quantitative estimate of drug-likeness (QED) is 0.594. The first-order valence-electron chi connectivity index (χ1n) is 6.57. The van der Waals surface area contributed by atoms with E-state index in [1.165, 1.54) is 16.9 Å². The van der Waals surface area contributed by atoms with Gasteiger partial charge >= 0.3 is 0 Å². The summed E-state index contributed by atoms with van der Waals surface area (Å²) in [6.45, 7) is 0. The molecule has 2 aromatic carbocycles. The van der Waals surface area contributed by atoms with Crippen molar-refractivity contribution in [2.75, 3.05) is 0 Å². The van der Waals surface area contributed by atoms with Crippen molar-refractivity contribution in [3.05, 3.63) is 76.8 Å². The molecule has 0 bridgehead atoms. The Kier molecular flexibility index (Phi) is 4.02. The molecule has 0 saturated heterocycles. The van der Waals surface area contributed by atoms with Crippen LogP contribution in [0.1, 0.15) is 16.1 Å². The van der Waals surface area contributed by atoms with Gasteiger partial charge in [-0.3, -0.25) is 0 Å². The Bertz CT molecular complexity index is 735. The van der Waals surface area contributed by atoms with E-state index >= 15 is 0 Å². The summed E-state index contributed by atoms with van der Waals surface area (Å²) in [5, 5.41) is 9.76. The van der Waals surface area contributed by atoms with Gasteiger partial charge in [-0.2, -0.15) is 0 Å². The van der Waals surface area contributed by atoms with Crippen molar-refractivity contribution >= 4 is 22.3 Å². The Morgan fingerprint density at radius 2 is 1.62 bits per heavy atom. The molecule has 0 atom stereocenters. The Balaban J connectivity index is 1.76. The second-order valence-corrected chi connectivity index (χ2v) is 5.54. The third kappa shape index (κ3) is 3.52. The maximum absolute atomic E-state index is 5.98. The number of aromatic nitrogens is 2. The molecule has 0 fully saturated rings. The highest BCUT2D eigenvalue weighted by Crippen LogP contribution is 2.21. The van der Waals surface area contributed by atoms with E-state index in [1.807, 2.05) is 48.5 Å². The molecule has 0 radical (unpaired) electrons. The SMILES string of the molecule is N/C(=N\c1nnc(Cc2ccccc2)s1)c1ccccc1. The highest BCUT2D eigenvalue weighted by Gasteiger charge is 2.05. The van der Waals surface area contributed by atoms with E-state index in [0.29, 0.717) is 11.0 Å². The number of rotatable bonds is 4. The Labute approximate surface area is 127 Å². The predicted octanol–water partition coefficient (Wildman–Crippen LogP) is 3.17. The second-order valence-electron chi connectivity index (χ2n) is 4.50. The first-order chi connectivity index (χ1) is 10.3. The van der Waals surface area contributed by atoms with Gasteiger partial charge in [0.15, 0.2) is 0 Å². The number of hydrogen-bond donors (Lipinski definition) is 1. The van der Waals surface area contributed by atoms with Gasteiger partial charge in [-0.15, -0.1) is 10.2 Å². The molecule has 0 amide bonds. The lowest BCUT2D eigenvalue weighted by atomic mass is 10.2. The summed E-state index contributed by atoms with van der Waals surface area (Å²) < 4.78 is 0. The number of hydrogen-bond acceptors (Lipinski definition) is 4. The maximum Gasteiger partial charge on any atom is 0.233 e. The summed E-state index contributed by atoms with van der Waals surface area (Å²) in [6.07, 6.45) is 0.763. The van der Waals surface area contributed by atoms with E-state index in [1.54, 1.807) is 0 Å². The van der Waals surface area contributed by atoms with Gasteiger partial charge < -0.3 is 5.73 Å². The van der Waals surface area contributed by atoms with Crippen molar-refractivity contribution in [2.45, 2.75) is 6.42 Å². The van der Waals surface area contributed by atoms with Gasteiger partial charge in [-0.05, 0) is 5.56 Å². The lowest BCUT2D eigenvalue weighted by molar-refractivity contribution is 1.00. The van der Waals surface area contributed by atoms with Gasteiger partial charge in [0.2, 0.25) is 5.13 Å². The van der Waals surface area contributed by atoms with E-state index in [-0.39, 0.29) is 0 Å². The van der Waals surface area contributed by atoms with Crippen molar-refractivity contribution in [1.82, 2.24) is 10.2 Å². The van der Waals surface area contributed by atoms with Crippen molar-refractivity contribution in [2.24, 2.45) is 10.7 Å². The summed E-state index contributed by atoms with van der Waals surface area (Å²) >= 11 is 1.46. The first-order valence-corrected chi connectivity index (χ1v) is 7.39. The molecule has 0 aliphatic carbocycles. The van der Waals surface area contributed by atoms with Gasteiger partial charge in [0.1, 0.15) is 10.8 Å².